The zero-order chi connectivity index (χ0) is 12.8. The van der Waals surface area contributed by atoms with E-state index in [-0.39, 0.29) is 0 Å². The van der Waals surface area contributed by atoms with Gasteiger partial charge in [-0.05, 0) is 29.5 Å². The summed E-state index contributed by atoms with van der Waals surface area (Å²) in [7, 11) is 0. The number of hydrogen-bond donors (Lipinski definition) is 1. The number of hydrazine groups is 1. The number of nitrogens with two attached hydrogens (primary N) is 1. The zero-order valence-electron chi connectivity index (χ0n) is 11.0. The number of allylic oxidation sites excluding steroid dienone is 2. The van der Waals surface area contributed by atoms with Gasteiger partial charge in [-0.1, -0.05) is 50.8 Å². The van der Waals surface area contributed by atoms with Crippen LogP contribution in [0.5, 0.6) is 0 Å². The lowest BCUT2D eigenvalue weighted by molar-refractivity contribution is 0.384. The van der Waals surface area contributed by atoms with Crippen LogP contribution in [0.1, 0.15) is 37.8 Å². The number of nitrogens with zero attached hydrogens (tertiary/aromatic N) is 1. The van der Waals surface area contributed by atoms with Gasteiger partial charge in [-0.3, -0.25) is 0 Å². The lowest BCUT2D eigenvalue weighted by atomic mass is 10.0. The minimum atomic E-state index is 0.570. The van der Waals surface area contributed by atoms with Crippen molar-refractivity contribution in [2.75, 3.05) is 0 Å². The molecule has 1 aromatic rings. The van der Waals surface area contributed by atoms with Crippen molar-refractivity contribution < 1.29 is 0 Å². The molecule has 0 unspecified atom stereocenters. The molecule has 0 radical (unpaired) electrons. The van der Waals surface area contributed by atoms with Gasteiger partial charge in [-0.2, -0.15) is 0 Å². The van der Waals surface area contributed by atoms with E-state index in [0.717, 1.165) is 5.57 Å². The molecule has 0 saturated carbocycles. The van der Waals surface area contributed by atoms with E-state index in [1.807, 2.05) is 13.1 Å². The van der Waals surface area contributed by atoms with E-state index in [2.05, 4.69) is 44.7 Å². The predicted molar refractivity (Wildman–Crippen MR) is 74.2 cm³/mol. The Hall–Kier alpha value is -1.54. The van der Waals surface area contributed by atoms with Crippen LogP contribution in [0.3, 0.4) is 0 Å². The van der Waals surface area contributed by atoms with Gasteiger partial charge in [0.25, 0.3) is 0 Å². The van der Waals surface area contributed by atoms with E-state index in [1.54, 1.807) is 11.1 Å². The van der Waals surface area contributed by atoms with Gasteiger partial charge in [0.15, 0.2) is 0 Å². The lowest BCUT2D eigenvalue weighted by Gasteiger charge is -2.15. The molecule has 0 aliphatic carbocycles. The molecule has 2 heteroatoms. The Kier molecular flexibility index (Phi) is 4.98. The molecule has 0 aromatic heterocycles. The Morgan fingerprint density at radius 2 is 1.94 bits per heavy atom. The van der Waals surface area contributed by atoms with Crippen LogP contribution in [-0.4, -0.2) is 5.01 Å². The van der Waals surface area contributed by atoms with Gasteiger partial charge in [0.1, 0.15) is 0 Å². The molecule has 17 heavy (non-hydrogen) atoms. The van der Waals surface area contributed by atoms with Crippen LogP contribution < -0.4 is 5.84 Å². The van der Waals surface area contributed by atoms with Crippen LogP contribution in [0.15, 0.2) is 48.7 Å². The summed E-state index contributed by atoms with van der Waals surface area (Å²) in [6.07, 6.45) is 3.69. The molecule has 0 heterocycles. The van der Waals surface area contributed by atoms with Gasteiger partial charge in [-0.15, -0.1) is 0 Å². The molecule has 0 spiro atoms. The van der Waals surface area contributed by atoms with Crippen LogP contribution in [0.2, 0.25) is 0 Å². The summed E-state index contributed by atoms with van der Waals surface area (Å²) in [5.74, 6) is 6.46. The number of benzene rings is 1. The van der Waals surface area contributed by atoms with Crippen LogP contribution in [0.25, 0.3) is 0 Å². The molecule has 0 atom stereocenters. The van der Waals surface area contributed by atoms with Crippen LogP contribution in [-0.2, 0) is 6.54 Å². The maximum atomic E-state index is 5.89. The molecule has 2 N–H and O–H groups in total. The van der Waals surface area contributed by atoms with Gasteiger partial charge >= 0.3 is 0 Å². The second kappa shape index (κ2) is 6.26. The Labute approximate surface area is 104 Å². The fraction of sp³-hybridized carbons (Fsp3) is 0.333. The first-order chi connectivity index (χ1) is 8.02. The third-order valence-electron chi connectivity index (χ3n) is 2.70. The molecule has 0 saturated heterocycles. The Morgan fingerprint density at radius 1 is 1.35 bits per heavy atom. The maximum Gasteiger partial charge on any atom is 0.0585 e. The molecule has 2 nitrogen and oxygen atoms in total. The minimum absolute atomic E-state index is 0.570. The van der Waals surface area contributed by atoms with E-state index in [4.69, 9.17) is 5.84 Å². The summed E-state index contributed by atoms with van der Waals surface area (Å²) in [6.45, 7) is 10.8. The first-order valence-corrected chi connectivity index (χ1v) is 5.94. The van der Waals surface area contributed by atoms with Crippen molar-refractivity contribution in [1.29, 1.82) is 0 Å². The molecule has 0 bridgehead atoms. The van der Waals surface area contributed by atoms with Gasteiger partial charge in [0, 0.05) is 6.20 Å². The first-order valence-electron chi connectivity index (χ1n) is 5.94. The SMILES string of the molecule is C=C/C(C)=C\N(N)Cc1ccc(C(C)C)cc1. The summed E-state index contributed by atoms with van der Waals surface area (Å²) in [5, 5.41) is 1.68. The van der Waals surface area contributed by atoms with Crippen molar-refractivity contribution in [2.45, 2.75) is 33.2 Å². The lowest BCUT2D eigenvalue weighted by Crippen LogP contribution is -2.24. The van der Waals surface area contributed by atoms with Crippen molar-refractivity contribution >= 4 is 0 Å². The summed E-state index contributed by atoms with van der Waals surface area (Å²) >= 11 is 0. The average molecular weight is 230 g/mol. The van der Waals surface area contributed by atoms with Crippen molar-refractivity contribution in [1.82, 2.24) is 5.01 Å². The highest BCUT2D eigenvalue weighted by atomic mass is 15.4. The van der Waals surface area contributed by atoms with E-state index in [1.165, 1.54) is 11.1 Å². The van der Waals surface area contributed by atoms with E-state index < -0.39 is 0 Å². The van der Waals surface area contributed by atoms with E-state index in [0.29, 0.717) is 12.5 Å². The Balaban J connectivity index is 2.66. The molecule has 92 valence electrons. The quantitative estimate of drug-likeness (QED) is 0.476. The van der Waals surface area contributed by atoms with Crippen LogP contribution >= 0.6 is 0 Å². The number of hydrogen-bond acceptors (Lipinski definition) is 2. The van der Waals surface area contributed by atoms with Gasteiger partial charge in [0.2, 0.25) is 0 Å². The third kappa shape index (κ3) is 4.45. The Morgan fingerprint density at radius 3 is 2.41 bits per heavy atom. The highest BCUT2D eigenvalue weighted by molar-refractivity contribution is 5.25. The van der Waals surface area contributed by atoms with Gasteiger partial charge < -0.3 is 5.01 Å². The summed E-state index contributed by atoms with van der Waals surface area (Å²) in [5.41, 5.74) is 3.63. The predicted octanol–water partition coefficient (Wildman–Crippen LogP) is 3.58. The molecular formula is C15H22N2. The monoisotopic (exact) mass is 230 g/mol. The molecule has 0 fully saturated rings. The highest BCUT2D eigenvalue weighted by Gasteiger charge is 2.00. The standard InChI is InChI=1S/C15H22N2/c1-5-13(4)10-17(16)11-14-6-8-15(9-7-14)12(2)3/h5-10,12H,1,11,16H2,2-4H3/b13-10-. The summed E-state index contributed by atoms with van der Waals surface area (Å²) < 4.78 is 0. The van der Waals surface area contributed by atoms with Crippen molar-refractivity contribution in [3.63, 3.8) is 0 Å². The van der Waals surface area contributed by atoms with E-state index in [9.17, 15) is 0 Å². The average Bonchev–Trinajstić information content (AvgIpc) is 2.29. The fourth-order valence-electron chi connectivity index (χ4n) is 1.58. The van der Waals surface area contributed by atoms with Gasteiger partial charge in [-0.25, -0.2) is 5.84 Å². The summed E-state index contributed by atoms with van der Waals surface area (Å²) in [6, 6.07) is 8.59. The van der Waals surface area contributed by atoms with Gasteiger partial charge in [0.05, 0.1) is 6.54 Å². The fourth-order valence-corrected chi connectivity index (χ4v) is 1.58. The first kappa shape index (κ1) is 13.5. The van der Waals surface area contributed by atoms with Crippen LogP contribution in [0.4, 0.5) is 0 Å². The third-order valence-corrected chi connectivity index (χ3v) is 2.70. The number of rotatable bonds is 5. The van der Waals surface area contributed by atoms with Crippen molar-refractivity contribution in [3.05, 3.63) is 59.8 Å². The van der Waals surface area contributed by atoms with E-state index >= 15 is 0 Å². The van der Waals surface area contributed by atoms with Crippen molar-refractivity contribution in [3.8, 4) is 0 Å². The topological polar surface area (TPSA) is 29.3 Å². The normalized spacial score (nSPS) is 11.7. The molecule has 0 aliphatic rings. The van der Waals surface area contributed by atoms with Crippen molar-refractivity contribution in [2.24, 2.45) is 5.84 Å². The Bertz CT molecular complexity index is 388. The zero-order valence-corrected chi connectivity index (χ0v) is 11.0. The van der Waals surface area contributed by atoms with Crippen LogP contribution in [0, 0.1) is 0 Å². The molecule has 1 aromatic carbocycles. The maximum absolute atomic E-state index is 5.89. The second-order valence-electron chi connectivity index (χ2n) is 4.65. The summed E-state index contributed by atoms with van der Waals surface area (Å²) in [4.78, 5) is 0. The minimum Gasteiger partial charge on any atom is -0.314 e. The highest BCUT2D eigenvalue weighted by Crippen LogP contribution is 2.15. The molecule has 1 rings (SSSR count). The molecule has 0 aliphatic heterocycles. The largest absolute Gasteiger partial charge is 0.314 e. The molecular weight excluding hydrogens is 208 g/mol. The smallest absolute Gasteiger partial charge is 0.0585 e. The molecule has 0 amide bonds. The second-order valence-corrected chi connectivity index (χ2v) is 4.65.